The van der Waals surface area contributed by atoms with Crippen LogP contribution < -0.4 is 4.90 Å². The van der Waals surface area contributed by atoms with Gasteiger partial charge in [-0.25, -0.2) is 9.37 Å². The van der Waals surface area contributed by atoms with E-state index in [1.807, 2.05) is 12.1 Å². The average Bonchev–Trinajstić information content (AvgIpc) is 3.30. The first-order chi connectivity index (χ1) is 12.6. The molecule has 130 valence electrons. The first-order valence-corrected chi connectivity index (χ1v) is 8.96. The number of hydrogen-bond acceptors (Lipinski definition) is 4. The van der Waals surface area contributed by atoms with Gasteiger partial charge in [0.2, 0.25) is 0 Å². The number of anilines is 1. The minimum atomic E-state index is -0.397. The molecule has 0 fully saturated rings. The zero-order valence-corrected chi connectivity index (χ0v) is 14.9. The largest absolute Gasteiger partial charge is 0.467 e. The van der Waals surface area contributed by atoms with Gasteiger partial charge in [-0.1, -0.05) is 29.0 Å². The Morgan fingerprint density at radius 3 is 2.65 bits per heavy atom. The quantitative estimate of drug-likeness (QED) is 0.463. The number of benzene rings is 2. The van der Waals surface area contributed by atoms with Crippen LogP contribution in [0.25, 0.3) is 10.2 Å². The fourth-order valence-corrected chi connectivity index (χ4v) is 3.81. The van der Waals surface area contributed by atoms with Gasteiger partial charge in [0.1, 0.15) is 17.1 Å². The van der Waals surface area contributed by atoms with Crippen LogP contribution in [-0.2, 0) is 6.54 Å². The molecule has 1 amide bonds. The topological polar surface area (TPSA) is 46.3 Å². The molecule has 7 heteroatoms. The van der Waals surface area contributed by atoms with Crippen molar-refractivity contribution in [2.45, 2.75) is 6.54 Å². The molecule has 0 spiro atoms. The van der Waals surface area contributed by atoms with Gasteiger partial charge in [0.15, 0.2) is 5.13 Å². The number of furan rings is 1. The summed E-state index contributed by atoms with van der Waals surface area (Å²) >= 11 is 7.57. The molecule has 4 nitrogen and oxygen atoms in total. The number of carbonyl (C=O) groups is 1. The maximum Gasteiger partial charge on any atom is 0.260 e. The molecule has 0 saturated carbocycles. The van der Waals surface area contributed by atoms with Gasteiger partial charge in [-0.15, -0.1) is 0 Å². The third kappa shape index (κ3) is 3.21. The number of fused-ring (bicyclic) bond motifs is 1. The van der Waals surface area contributed by atoms with Gasteiger partial charge in [0, 0.05) is 5.56 Å². The van der Waals surface area contributed by atoms with Crippen LogP contribution in [-0.4, -0.2) is 10.9 Å². The molecule has 0 saturated heterocycles. The highest BCUT2D eigenvalue weighted by Gasteiger charge is 2.23. The SMILES string of the molecule is O=C(c1ccc(F)cc1)N(Cc1ccco1)c1nc2c(Cl)cccc2s1. The predicted octanol–water partition coefficient (Wildman–Crippen LogP) is 5.53. The molecule has 2 aromatic heterocycles. The summed E-state index contributed by atoms with van der Waals surface area (Å²) in [5.74, 6) is -0.0757. The Kier molecular flexibility index (Phi) is 4.44. The van der Waals surface area contributed by atoms with E-state index < -0.39 is 5.82 Å². The number of aromatic nitrogens is 1. The van der Waals surface area contributed by atoms with Gasteiger partial charge in [0.05, 0.1) is 22.5 Å². The smallest absolute Gasteiger partial charge is 0.260 e. The van der Waals surface area contributed by atoms with Crippen LogP contribution in [0.1, 0.15) is 16.1 Å². The van der Waals surface area contributed by atoms with Crippen molar-refractivity contribution in [2.75, 3.05) is 4.90 Å². The van der Waals surface area contributed by atoms with Gasteiger partial charge in [-0.3, -0.25) is 9.69 Å². The number of nitrogens with zero attached hydrogens (tertiary/aromatic N) is 2. The van der Waals surface area contributed by atoms with Crippen LogP contribution in [0.2, 0.25) is 5.02 Å². The number of carbonyl (C=O) groups excluding carboxylic acids is 1. The minimum Gasteiger partial charge on any atom is -0.467 e. The van der Waals surface area contributed by atoms with E-state index in [1.54, 1.807) is 24.5 Å². The molecule has 0 atom stereocenters. The van der Waals surface area contributed by atoms with E-state index in [2.05, 4.69) is 4.98 Å². The van der Waals surface area contributed by atoms with E-state index in [9.17, 15) is 9.18 Å². The monoisotopic (exact) mass is 386 g/mol. The lowest BCUT2D eigenvalue weighted by Gasteiger charge is -2.18. The second kappa shape index (κ2) is 6.90. The van der Waals surface area contributed by atoms with E-state index in [4.69, 9.17) is 16.0 Å². The lowest BCUT2D eigenvalue weighted by molar-refractivity contribution is 0.0983. The molecule has 0 aliphatic heterocycles. The number of amides is 1. The molecular formula is C19H12ClFN2O2S. The first kappa shape index (κ1) is 16.8. The second-order valence-corrected chi connectivity index (χ2v) is 6.98. The van der Waals surface area contributed by atoms with Gasteiger partial charge in [-0.2, -0.15) is 0 Å². The fraction of sp³-hybridized carbons (Fsp3) is 0.0526. The first-order valence-electron chi connectivity index (χ1n) is 7.77. The molecule has 2 aromatic carbocycles. The van der Waals surface area contributed by atoms with Gasteiger partial charge in [0.25, 0.3) is 5.91 Å². The maximum absolute atomic E-state index is 13.2. The van der Waals surface area contributed by atoms with Crippen molar-refractivity contribution in [3.63, 3.8) is 0 Å². The molecule has 0 N–H and O–H groups in total. The molecule has 0 bridgehead atoms. The van der Waals surface area contributed by atoms with Crippen molar-refractivity contribution < 1.29 is 13.6 Å². The summed E-state index contributed by atoms with van der Waals surface area (Å²) < 4.78 is 19.5. The Bertz CT molecular complexity index is 1060. The van der Waals surface area contributed by atoms with Crippen molar-refractivity contribution in [1.29, 1.82) is 0 Å². The molecule has 0 aliphatic rings. The van der Waals surface area contributed by atoms with Crippen LogP contribution >= 0.6 is 22.9 Å². The van der Waals surface area contributed by atoms with Crippen molar-refractivity contribution in [3.8, 4) is 0 Å². The molecule has 0 radical (unpaired) electrons. The summed E-state index contributed by atoms with van der Waals surface area (Å²) in [6, 6.07) is 14.4. The third-order valence-corrected chi connectivity index (χ3v) is 5.17. The summed E-state index contributed by atoms with van der Waals surface area (Å²) in [5, 5.41) is 1.02. The zero-order valence-electron chi connectivity index (χ0n) is 13.4. The lowest BCUT2D eigenvalue weighted by atomic mass is 10.2. The number of hydrogen-bond donors (Lipinski definition) is 0. The zero-order chi connectivity index (χ0) is 18.1. The third-order valence-electron chi connectivity index (χ3n) is 3.82. The minimum absolute atomic E-state index is 0.209. The van der Waals surface area contributed by atoms with E-state index in [1.165, 1.54) is 40.5 Å². The lowest BCUT2D eigenvalue weighted by Crippen LogP contribution is -2.30. The molecule has 2 heterocycles. The summed E-state index contributed by atoms with van der Waals surface area (Å²) in [6.07, 6.45) is 1.55. The predicted molar refractivity (Wildman–Crippen MR) is 100 cm³/mol. The highest BCUT2D eigenvalue weighted by Crippen LogP contribution is 2.34. The van der Waals surface area contributed by atoms with Gasteiger partial charge >= 0.3 is 0 Å². The number of rotatable bonds is 4. The van der Waals surface area contributed by atoms with Crippen LogP contribution in [0.4, 0.5) is 9.52 Å². The Morgan fingerprint density at radius 2 is 1.96 bits per heavy atom. The van der Waals surface area contributed by atoms with Crippen LogP contribution in [0.3, 0.4) is 0 Å². The standard InChI is InChI=1S/C19H12ClFN2O2S/c20-15-4-1-5-16-17(15)22-19(26-16)23(11-14-3-2-10-25-14)18(24)12-6-8-13(21)9-7-12/h1-10H,11H2. The second-order valence-electron chi connectivity index (χ2n) is 5.56. The van der Waals surface area contributed by atoms with E-state index in [-0.39, 0.29) is 12.5 Å². The Balaban J connectivity index is 1.77. The van der Waals surface area contributed by atoms with Crippen LogP contribution in [0, 0.1) is 5.82 Å². The van der Waals surface area contributed by atoms with Crippen molar-refractivity contribution in [2.24, 2.45) is 0 Å². The number of halogens is 2. The normalized spacial score (nSPS) is 11.0. The van der Waals surface area contributed by atoms with E-state index >= 15 is 0 Å². The highest BCUT2D eigenvalue weighted by molar-refractivity contribution is 7.22. The fourth-order valence-electron chi connectivity index (χ4n) is 2.55. The highest BCUT2D eigenvalue weighted by atomic mass is 35.5. The summed E-state index contributed by atoms with van der Waals surface area (Å²) in [4.78, 5) is 19.1. The summed E-state index contributed by atoms with van der Waals surface area (Å²) in [5.41, 5.74) is 1.01. The Morgan fingerprint density at radius 1 is 1.15 bits per heavy atom. The van der Waals surface area contributed by atoms with Crippen LogP contribution in [0.15, 0.2) is 65.3 Å². The van der Waals surface area contributed by atoms with Crippen molar-refractivity contribution in [1.82, 2.24) is 4.98 Å². The summed E-state index contributed by atoms with van der Waals surface area (Å²) in [7, 11) is 0. The molecule has 4 aromatic rings. The van der Waals surface area contributed by atoms with E-state index in [0.717, 1.165) is 4.70 Å². The molecular weight excluding hydrogens is 375 g/mol. The molecule has 0 unspecified atom stereocenters. The van der Waals surface area contributed by atoms with Crippen molar-refractivity contribution >= 4 is 44.2 Å². The van der Waals surface area contributed by atoms with Gasteiger partial charge in [-0.05, 0) is 48.5 Å². The van der Waals surface area contributed by atoms with Crippen LogP contribution in [0.5, 0.6) is 0 Å². The Labute approximate surface area is 157 Å². The maximum atomic E-state index is 13.2. The Hall–Kier alpha value is -2.70. The molecule has 0 aliphatic carbocycles. The summed E-state index contributed by atoms with van der Waals surface area (Å²) in [6.45, 7) is 0.209. The van der Waals surface area contributed by atoms with Crippen molar-refractivity contribution in [3.05, 3.63) is 83.0 Å². The average molecular weight is 387 g/mol. The van der Waals surface area contributed by atoms with Gasteiger partial charge < -0.3 is 4.42 Å². The number of para-hydroxylation sites is 1. The molecule has 26 heavy (non-hydrogen) atoms. The molecule has 4 rings (SSSR count). The van der Waals surface area contributed by atoms with E-state index in [0.29, 0.717) is 27.0 Å². The number of thiazole rings is 1.